The molecule has 73 heavy (non-hydrogen) atoms. The molecule has 0 heterocycles. The van der Waals surface area contributed by atoms with E-state index in [0.29, 0.717) is 19.3 Å². The second-order valence-electron chi connectivity index (χ2n) is 20.3. The fraction of sp³-hybridized carbons (Fsp3) is 0.716. The van der Waals surface area contributed by atoms with Crippen molar-refractivity contribution in [1.82, 2.24) is 0 Å². The molecule has 0 fully saturated rings. The van der Waals surface area contributed by atoms with Crippen molar-refractivity contribution in [3.8, 4) is 0 Å². The van der Waals surface area contributed by atoms with Gasteiger partial charge in [0, 0.05) is 19.3 Å². The van der Waals surface area contributed by atoms with Crippen LogP contribution in [0.2, 0.25) is 0 Å². The molecule has 6 nitrogen and oxygen atoms in total. The fourth-order valence-corrected chi connectivity index (χ4v) is 8.42. The molecule has 0 aliphatic heterocycles. The smallest absolute Gasteiger partial charge is 0.306 e. The van der Waals surface area contributed by atoms with Crippen molar-refractivity contribution in [2.45, 2.75) is 297 Å². The lowest BCUT2D eigenvalue weighted by molar-refractivity contribution is -0.167. The highest BCUT2D eigenvalue weighted by molar-refractivity contribution is 5.71. The minimum Gasteiger partial charge on any atom is -0.462 e. The third kappa shape index (κ3) is 59.1. The van der Waals surface area contributed by atoms with Gasteiger partial charge in [0.15, 0.2) is 6.10 Å². The van der Waals surface area contributed by atoms with Gasteiger partial charge in [0.2, 0.25) is 0 Å². The number of unbranched alkanes of at least 4 members (excludes halogenated alkanes) is 28. The van der Waals surface area contributed by atoms with E-state index in [9.17, 15) is 14.4 Å². The van der Waals surface area contributed by atoms with Gasteiger partial charge >= 0.3 is 17.9 Å². The molecule has 0 aromatic carbocycles. The third-order valence-corrected chi connectivity index (χ3v) is 13.1. The summed E-state index contributed by atoms with van der Waals surface area (Å²) in [5.41, 5.74) is 0. The van der Waals surface area contributed by atoms with Crippen molar-refractivity contribution >= 4 is 17.9 Å². The third-order valence-electron chi connectivity index (χ3n) is 13.1. The minimum atomic E-state index is -0.820. The molecule has 0 saturated carbocycles. The average Bonchev–Trinajstić information content (AvgIpc) is 3.39. The molecular weight excluding hydrogens is 901 g/mol. The SMILES string of the molecule is CCCCC/C=C\C/C=C\C/C=C\C/C=C\CCCCCC(=O)OC[C@H](COC(=O)CCCCCCCCCCCCCCCCCCCCC)OC(=O)CCC/C=C\C/C=C\C/C=C\C/C=C\CCCCC. The van der Waals surface area contributed by atoms with Crippen molar-refractivity contribution in [1.29, 1.82) is 0 Å². The van der Waals surface area contributed by atoms with Crippen molar-refractivity contribution in [3.63, 3.8) is 0 Å². The first-order valence-corrected chi connectivity index (χ1v) is 30.7. The normalized spacial score (nSPS) is 12.8. The van der Waals surface area contributed by atoms with Crippen LogP contribution in [0, 0.1) is 0 Å². The topological polar surface area (TPSA) is 78.9 Å². The number of hydrogen-bond acceptors (Lipinski definition) is 6. The van der Waals surface area contributed by atoms with Gasteiger partial charge in [-0.25, -0.2) is 0 Å². The van der Waals surface area contributed by atoms with E-state index in [-0.39, 0.29) is 37.5 Å². The second-order valence-corrected chi connectivity index (χ2v) is 20.3. The van der Waals surface area contributed by atoms with Crippen LogP contribution in [0.25, 0.3) is 0 Å². The Morgan fingerprint density at radius 2 is 0.507 bits per heavy atom. The first kappa shape index (κ1) is 69.3. The summed E-state index contributed by atoms with van der Waals surface area (Å²) in [6, 6.07) is 0. The maximum absolute atomic E-state index is 12.9. The van der Waals surface area contributed by atoms with Gasteiger partial charge in [-0.05, 0) is 103 Å². The summed E-state index contributed by atoms with van der Waals surface area (Å²) in [4.78, 5) is 38.2. The molecule has 0 unspecified atom stereocenters. The van der Waals surface area contributed by atoms with Gasteiger partial charge in [0.1, 0.15) is 13.2 Å². The minimum absolute atomic E-state index is 0.108. The van der Waals surface area contributed by atoms with E-state index in [2.05, 4.69) is 118 Å². The van der Waals surface area contributed by atoms with Gasteiger partial charge in [0.05, 0.1) is 0 Å². The lowest BCUT2D eigenvalue weighted by Crippen LogP contribution is -2.30. The highest BCUT2D eigenvalue weighted by Gasteiger charge is 2.19. The molecule has 1 atom stereocenters. The summed E-state index contributed by atoms with van der Waals surface area (Å²) < 4.78 is 16.8. The molecule has 0 aromatic heterocycles. The van der Waals surface area contributed by atoms with Crippen LogP contribution in [0.4, 0.5) is 0 Å². The second kappa shape index (κ2) is 60.9. The van der Waals surface area contributed by atoms with Crippen LogP contribution in [0.15, 0.2) is 97.2 Å². The molecule has 0 saturated heterocycles. The maximum Gasteiger partial charge on any atom is 0.306 e. The summed E-state index contributed by atoms with van der Waals surface area (Å²) >= 11 is 0. The fourth-order valence-electron chi connectivity index (χ4n) is 8.42. The van der Waals surface area contributed by atoms with E-state index in [1.54, 1.807) is 0 Å². The number of hydrogen-bond donors (Lipinski definition) is 0. The lowest BCUT2D eigenvalue weighted by Gasteiger charge is -2.18. The van der Waals surface area contributed by atoms with Crippen molar-refractivity contribution in [3.05, 3.63) is 97.2 Å². The molecular formula is C67H114O6. The van der Waals surface area contributed by atoms with Gasteiger partial charge < -0.3 is 14.2 Å². The first-order chi connectivity index (χ1) is 36.0. The number of allylic oxidation sites excluding steroid dienone is 16. The molecule has 418 valence electrons. The van der Waals surface area contributed by atoms with E-state index < -0.39 is 6.10 Å². The van der Waals surface area contributed by atoms with Crippen LogP contribution in [0.1, 0.15) is 290 Å². The Morgan fingerprint density at radius 3 is 0.836 bits per heavy atom. The Balaban J connectivity index is 4.50. The Hall–Kier alpha value is -3.67. The van der Waals surface area contributed by atoms with E-state index in [1.807, 2.05) is 0 Å². The lowest BCUT2D eigenvalue weighted by atomic mass is 10.0. The zero-order valence-corrected chi connectivity index (χ0v) is 47.9. The molecule has 0 aliphatic carbocycles. The summed E-state index contributed by atoms with van der Waals surface area (Å²) in [5, 5.41) is 0. The molecule has 0 spiro atoms. The summed E-state index contributed by atoms with van der Waals surface area (Å²) in [7, 11) is 0. The van der Waals surface area contributed by atoms with Crippen molar-refractivity contribution in [2.24, 2.45) is 0 Å². The average molecular weight is 1020 g/mol. The van der Waals surface area contributed by atoms with Crippen LogP contribution in [0.3, 0.4) is 0 Å². The zero-order valence-electron chi connectivity index (χ0n) is 47.9. The standard InChI is InChI=1S/C67H114O6/c1-4-7-10-13-16-19-22-25-28-31-33-36-38-41-44-47-50-53-56-59-65(68)71-62-64(73-67(70)61-58-55-52-49-46-43-40-35-30-27-24-21-18-15-12-9-6-3)63-72-66(69)60-57-54-51-48-45-42-39-37-34-32-29-26-23-20-17-14-11-8-5-2/h16,18-19,21,25,27-28,30,33,36,40-41,43-44,49,52,64H,4-15,17,20,22-24,26,29,31-32,34-35,37-39,42,45-48,50-51,53-63H2,1-3H3/b19-16-,21-18-,28-25-,30-27-,36-33-,43-40-,44-41-,52-49-/t64-/m1/s1. The quantitative estimate of drug-likeness (QED) is 0.0261. The predicted molar refractivity (Wildman–Crippen MR) is 316 cm³/mol. The number of carbonyl (C=O) groups is 3. The number of rotatable bonds is 55. The van der Waals surface area contributed by atoms with E-state index in [0.717, 1.165) is 89.9 Å². The number of carbonyl (C=O) groups excluding carboxylic acids is 3. The molecule has 0 amide bonds. The van der Waals surface area contributed by atoms with Gasteiger partial charge in [0.25, 0.3) is 0 Å². The molecule has 0 aromatic rings. The Labute approximate surface area is 451 Å². The molecule has 0 radical (unpaired) electrons. The van der Waals surface area contributed by atoms with Gasteiger partial charge in [-0.1, -0.05) is 266 Å². The summed E-state index contributed by atoms with van der Waals surface area (Å²) in [5.74, 6) is -0.989. The highest BCUT2D eigenvalue weighted by Crippen LogP contribution is 2.16. The van der Waals surface area contributed by atoms with Crippen LogP contribution < -0.4 is 0 Å². The first-order valence-electron chi connectivity index (χ1n) is 30.7. The molecule has 0 rings (SSSR count). The van der Waals surface area contributed by atoms with Crippen LogP contribution in [-0.2, 0) is 28.6 Å². The largest absolute Gasteiger partial charge is 0.462 e. The highest BCUT2D eigenvalue weighted by atomic mass is 16.6. The molecule has 0 N–H and O–H groups in total. The van der Waals surface area contributed by atoms with E-state index in [4.69, 9.17) is 14.2 Å². The Kier molecular flexibility index (Phi) is 57.8. The Morgan fingerprint density at radius 1 is 0.274 bits per heavy atom. The Bertz CT molecular complexity index is 1440. The number of esters is 3. The van der Waals surface area contributed by atoms with Crippen LogP contribution >= 0.6 is 0 Å². The zero-order chi connectivity index (χ0) is 52.9. The van der Waals surface area contributed by atoms with Gasteiger partial charge in [-0.2, -0.15) is 0 Å². The maximum atomic E-state index is 12.9. The summed E-state index contributed by atoms with van der Waals surface area (Å²) in [6.07, 6.45) is 81.2. The van der Waals surface area contributed by atoms with E-state index >= 15 is 0 Å². The number of ether oxygens (including phenoxy) is 3. The summed E-state index contributed by atoms with van der Waals surface area (Å²) in [6.45, 7) is 6.54. The van der Waals surface area contributed by atoms with Crippen molar-refractivity contribution in [2.75, 3.05) is 13.2 Å². The van der Waals surface area contributed by atoms with Crippen LogP contribution in [0.5, 0.6) is 0 Å². The van der Waals surface area contributed by atoms with Crippen LogP contribution in [-0.4, -0.2) is 37.2 Å². The monoisotopic (exact) mass is 1010 g/mol. The van der Waals surface area contributed by atoms with Gasteiger partial charge in [-0.15, -0.1) is 0 Å². The molecule has 0 aliphatic rings. The van der Waals surface area contributed by atoms with Crippen molar-refractivity contribution < 1.29 is 28.6 Å². The molecule has 0 bridgehead atoms. The molecule has 6 heteroatoms. The van der Waals surface area contributed by atoms with Gasteiger partial charge in [-0.3, -0.25) is 14.4 Å². The van der Waals surface area contributed by atoms with E-state index in [1.165, 1.54) is 154 Å². The predicted octanol–water partition coefficient (Wildman–Crippen LogP) is 20.9.